The lowest BCUT2D eigenvalue weighted by Crippen LogP contribution is -2.10. The molecule has 2 aromatic rings. The van der Waals surface area contributed by atoms with Crippen LogP contribution in [0.5, 0.6) is 5.75 Å². The lowest BCUT2D eigenvalue weighted by molar-refractivity contribution is 0.476. The normalized spacial score (nSPS) is 13.0. The molecule has 1 unspecified atom stereocenters. The molecule has 5 heteroatoms. The van der Waals surface area contributed by atoms with Gasteiger partial charge in [0.2, 0.25) is 0 Å². The number of benzene rings is 1. The summed E-state index contributed by atoms with van der Waals surface area (Å²) in [6.45, 7) is 1.79. The van der Waals surface area contributed by atoms with Gasteiger partial charge in [0.05, 0.1) is 11.6 Å². The lowest BCUT2D eigenvalue weighted by atomic mass is 10.2. The minimum Gasteiger partial charge on any atom is -0.508 e. The molecule has 2 rings (SSSR count). The second-order valence-corrected chi connectivity index (χ2v) is 3.72. The molecule has 0 bridgehead atoms. The third kappa shape index (κ3) is 1.86. The predicted molar refractivity (Wildman–Crippen MR) is 58.8 cm³/mol. The summed E-state index contributed by atoms with van der Waals surface area (Å²) in [5.74, 6) is 0.639. The molecule has 0 radical (unpaired) electrons. The van der Waals surface area contributed by atoms with Crippen LogP contribution < -0.4 is 5.73 Å². The molecule has 0 spiro atoms. The molecule has 0 amide bonds. The Labute approximate surface area is 91.7 Å². The van der Waals surface area contributed by atoms with Crippen molar-refractivity contribution in [1.82, 2.24) is 9.97 Å². The van der Waals surface area contributed by atoms with Gasteiger partial charge < -0.3 is 10.8 Å². The highest BCUT2D eigenvalue weighted by atomic mass is 35.5. The Morgan fingerprint density at radius 2 is 2.13 bits per heavy atom. The molecule has 1 heterocycles. The number of aromatic nitrogens is 2. The van der Waals surface area contributed by atoms with Crippen LogP contribution in [0.4, 0.5) is 0 Å². The van der Waals surface area contributed by atoms with Crippen molar-refractivity contribution in [2.45, 2.75) is 13.0 Å². The standard InChI is InChI=1S/C10H10ClN3O/c1-5(12)10-13-8-3-2-6(15)4-7(8)9(11)14-10/h2-5,15H,12H2,1H3. The smallest absolute Gasteiger partial charge is 0.147 e. The zero-order valence-electron chi connectivity index (χ0n) is 8.11. The van der Waals surface area contributed by atoms with Gasteiger partial charge >= 0.3 is 0 Å². The fourth-order valence-corrected chi connectivity index (χ4v) is 1.54. The predicted octanol–water partition coefficient (Wildman–Crippen LogP) is 2.01. The van der Waals surface area contributed by atoms with Crippen molar-refractivity contribution in [1.29, 1.82) is 0 Å². The van der Waals surface area contributed by atoms with Crippen LogP contribution in [0.15, 0.2) is 18.2 Å². The highest BCUT2D eigenvalue weighted by Crippen LogP contribution is 2.25. The van der Waals surface area contributed by atoms with Crippen LogP contribution in [0.1, 0.15) is 18.8 Å². The van der Waals surface area contributed by atoms with Gasteiger partial charge in [0.25, 0.3) is 0 Å². The van der Waals surface area contributed by atoms with Gasteiger partial charge in [0.1, 0.15) is 16.7 Å². The van der Waals surface area contributed by atoms with Gasteiger partial charge in [-0.15, -0.1) is 0 Å². The quantitative estimate of drug-likeness (QED) is 0.726. The van der Waals surface area contributed by atoms with Crippen molar-refractivity contribution in [2.24, 2.45) is 5.73 Å². The Morgan fingerprint density at radius 1 is 1.40 bits per heavy atom. The number of hydrogen-bond donors (Lipinski definition) is 2. The first-order valence-corrected chi connectivity index (χ1v) is 4.87. The van der Waals surface area contributed by atoms with Gasteiger partial charge in [-0.2, -0.15) is 0 Å². The van der Waals surface area contributed by atoms with E-state index in [0.29, 0.717) is 21.9 Å². The van der Waals surface area contributed by atoms with Crippen LogP contribution in [0.2, 0.25) is 5.15 Å². The number of fused-ring (bicyclic) bond motifs is 1. The molecule has 1 aromatic carbocycles. The van der Waals surface area contributed by atoms with Crippen LogP contribution in [-0.2, 0) is 0 Å². The van der Waals surface area contributed by atoms with Gasteiger partial charge in [-0.25, -0.2) is 9.97 Å². The number of halogens is 1. The van der Waals surface area contributed by atoms with Gasteiger partial charge in [-0.05, 0) is 25.1 Å². The second kappa shape index (κ2) is 3.64. The molecule has 15 heavy (non-hydrogen) atoms. The maximum atomic E-state index is 9.29. The molecule has 1 atom stereocenters. The number of phenolic OH excluding ortho intramolecular Hbond substituents is 1. The van der Waals surface area contributed by atoms with Crippen molar-refractivity contribution >= 4 is 22.5 Å². The average Bonchev–Trinajstić information content (AvgIpc) is 2.18. The van der Waals surface area contributed by atoms with Crippen LogP contribution >= 0.6 is 11.6 Å². The van der Waals surface area contributed by atoms with E-state index in [2.05, 4.69) is 9.97 Å². The first kappa shape index (κ1) is 10.1. The highest BCUT2D eigenvalue weighted by Gasteiger charge is 2.09. The van der Waals surface area contributed by atoms with Crippen molar-refractivity contribution in [3.8, 4) is 5.75 Å². The van der Waals surface area contributed by atoms with E-state index in [1.54, 1.807) is 19.1 Å². The minimum absolute atomic E-state index is 0.140. The van der Waals surface area contributed by atoms with Gasteiger partial charge in [-0.3, -0.25) is 0 Å². The van der Waals surface area contributed by atoms with Crippen molar-refractivity contribution in [3.63, 3.8) is 0 Å². The largest absolute Gasteiger partial charge is 0.508 e. The summed E-state index contributed by atoms with van der Waals surface area (Å²) in [7, 11) is 0. The number of aromatic hydroxyl groups is 1. The summed E-state index contributed by atoms with van der Waals surface area (Å²) >= 11 is 5.96. The summed E-state index contributed by atoms with van der Waals surface area (Å²) < 4.78 is 0. The number of rotatable bonds is 1. The van der Waals surface area contributed by atoms with E-state index in [1.165, 1.54) is 6.07 Å². The van der Waals surface area contributed by atoms with E-state index in [1.807, 2.05) is 0 Å². The molecular formula is C10H10ClN3O. The van der Waals surface area contributed by atoms with E-state index in [4.69, 9.17) is 17.3 Å². The highest BCUT2D eigenvalue weighted by molar-refractivity contribution is 6.34. The molecule has 3 N–H and O–H groups in total. The molecule has 0 aliphatic heterocycles. The Bertz CT molecular complexity index is 513. The zero-order valence-corrected chi connectivity index (χ0v) is 8.86. The Hall–Kier alpha value is -1.39. The Morgan fingerprint density at radius 3 is 2.80 bits per heavy atom. The molecule has 0 saturated heterocycles. The summed E-state index contributed by atoms with van der Waals surface area (Å²) in [6, 6.07) is 4.50. The third-order valence-corrected chi connectivity index (χ3v) is 2.35. The topological polar surface area (TPSA) is 72.0 Å². The zero-order chi connectivity index (χ0) is 11.0. The number of hydrogen-bond acceptors (Lipinski definition) is 4. The van der Waals surface area contributed by atoms with Crippen LogP contribution in [0, 0.1) is 0 Å². The fourth-order valence-electron chi connectivity index (χ4n) is 1.30. The maximum absolute atomic E-state index is 9.29. The summed E-state index contributed by atoms with van der Waals surface area (Å²) in [6.07, 6.45) is 0. The molecule has 4 nitrogen and oxygen atoms in total. The van der Waals surface area contributed by atoms with Crippen molar-refractivity contribution in [3.05, 3.63) is 29.2 Å². The number of nitrogens with two attached hydrogens (primary N) is 1. The number of nitrogens with zero attached hydrogens (tertiary/aromatic N) is 2. The van der Waals surface area contributed by atoms with Crippen LogP contribution in [0.25, 0.3) is 10.9 Å². The SMILES string of the molecule is CC(N)c1nc(Cl)c2cc(O)ccc2n1. The van der Waals surface area contributed by atoms with E-state index in [9.17, 15) is 5.11 Å². The Kier molecular flexibility index (Phi) is 2.46. The molecule has 0 aliphatic rings. The fraction of sp³-hybridized carbons (Fsp3) is 0.200. The first-order chi connectivity index (χ1) is 7.08. The first-order valence-electron chi connectivity index (χ1n) is 4.49. The van der Waals surface area contributed by atoms with Gasteiger partial charge in [0, 0.05) is 5.39 Å². The molecular weight excluding hydrogens is 214 g/mol. The van der Waals surface area contributed by atoms with E-state index in [-0.39, 0.29) is 11.8 Å². The van der Waals surface area contributed by atoms with Gasteiger partial charge in [-0.1, -0.05) is 11.6 Å². The molecule has 0 saturated carbocycles. The van der Waals surface area contributed by atoms with E-state index < -0.39 is 0 Å². The van der Waals surface area contributed by atoms with E-state index in [0.717, 1.165) is 0 Å². The third-order valence-electron chi connectivity index (χ3n) is 2.06. The summed E-state index contributed by atoms with van der Waals surface area (Å²) in [5.41, 5.74) is 6.35. The second-order valence-electron chi connectivity index (χ2n) is 3.36. The van der Waals surface area contributed by atoms with Crippen molar-refractivity contribution < 1.29 is 5.11 Å². The molecule has 0 aliphatic carbocycles. The lowest BCUT2D eigenvalue weighted by Gasteiger charge is -2.06. The minimum atomic E-state index is -0.263. The number of phenols is 1. The van der Waals surface area contributed by atoms with E-state index >= 15 is 0 Å². The molecule has 0 fully saturated rings. The Balaban J connectivity index is 2.73. The molecule has 78 valence electrons. The van der Waals surface area contributed by atoms with Gasteiger partial charge in [0.15, 0.2) is 0 Å². The molecule has 1 aromatic heterocycles. The average molecular weight is 224 g/mol. The van der Waals surface area contributed by atoms with Crippen molar-refractivity contribution in [2.75, 3.05) is 0 Å². The van der Waals surface area contributed by atoms with Crippen LogP contribution in [-0.4, -0.2) is 15.1 Å². The maximum Gasteiger partial charge on any atom is 0.147 e. The summed E-state index contributed by atoms with van der Waals surface area (Å²) in [4.78, 5) is 8.31. The van der Waals surface area contributed by atoms with Crippen LogP contribution in [0.3, 0.4) is 0 Å². The monoisotopic (exact) mass is 223 g/mol. The summed E-state index contributed by atoms with van der Waals surface area (Å²) in [5, 5.41) is 10.2.